The fourth-order valence-electron chi connectivity index (χ4n) is 1.94. The van der Waals surface area contributed by atoms with Gasteiger partial charge in [-0.3, -0.25) is 4.79 Å². The number of nitrogens with one attached hydrogen (secondary N) is 1. The molecule has 2 N–H and O–H groups in total. The van der Waals surface area contributed by atoms with Crippen LogP contribution in [-0.2, 0) is 22.4 Å². The van der Waals surface area contributed by atoms with Crippen molar-refractivity contribution in [3.63, 3.8) is 0 Å². The molecule has 0 unspecified atom stereocenters. The average molecular weight is 275 g/mol. The summed E-state index contributed by atoms with van der Waals surface area (Å²) >= 11 is 0. The van der Waals surface area contributed by atoms with Crippen LogP contribution in [0.3, 0.4) is 0 Å². The van der Waals surface area contributed by atoms with E-state index in [1.165, 1.54) is 13.8 Å². The molecule has 0 aliphatic heterocycles. The van der Waals surface area contributed by atoms with Crippen LogP contribution < -0.4 is 5.32 Å². The van der Waals surface area contributed by atoms with Gasteiger partial charge in [0.25, 0.3) is 5.91 Å². The molecule has 0 saturated carbocycles. The summed E-state index contributed by atoms with van der Waals surface area (Å²) in [6.45, 7) is 7.01. The van der Waals surface area contributed by atoms with Crippen molar-refractivity contribution in [1.82, 2.24) is 0 Å². The zero-order chi connectivity index (χ0) is 15.3. The zero-order valence-electron chi connectivity index (χ0n) is 12.4. The van der Waals surface area contributed by atoms with Gasteiger partial charge in [0.1, 0.15) is 0 Å². The number of aliphatic carboxylic acids is 1. The van der Waals surface area contributed by atoms with Crippen LogP contribution in [0.1, 0.15) is 38.8 Å². The second-order valence-electron chi connectivity index (χ2n) is 4.67. The Kier molecular flexibility index (Phi) is 5.50. The van der Waals surface area contributed by atoms with E-state index in [1.807, 2.05) is 32.0 Å². The standard InChI is InChI=1S/C16H21NO3/c1-5-12-8-7-9-13(6-2)14(12)17-15(18)10(3)11(4)16(19)20/h7-9H,5-6H2,1-4H3,(H,17,18)(H,19,20). The molecule has 4 nitrogen and oxygen atoms in total. The summed E-state index contributed by atoms with van der Waals surface area (Å²) in [5.41, 5.74) is 3.21. The Balaban J connectivity index is 3.14. The number of hydrogen-bond acceptors (Lipinski definition) is 2. The summed E-state index contributed by atoms with van der Waals surface area (Å²) < 4.78 is 0. The van der Waals surface area contributed by atoms with E-state index in [-0.39, 0.29) is 17.1 Å². The highest BCUT2D eigenvalue weighted by Gasteiger charge is 2.15. The topological polar surface area (TPSA) is 66.4 Å². The monoisotopic (exact) mass is 275 g/mol. The van der Waals surface area contributed by atoms with Crippen molar-refractivity contribution >= 4 is 17.6 Å². The number of carboxylic acid groups (broad SMARTS) is 1. The zero-order valence-corrected chi connectivity index (χ0v) is 12.4. The van der Waals surface area contributed by atoms with Gasteiger partial charge in [-0.25, -0.2) is 4.79 Å². The lowest BCUT2D eigenvalue weighted by atomic mass is 10.0. The number of amides is 1. The Morgan fingerprint density at radius 2 is 1.55 bits per heavy atom. The van der Waals surface area contributed by atoms with Gasteiger partial charge in [0, 0.05) is 16.8 Å². The lowest BCUT2D eigenvalue weighted by molar-refractivity contribution is -0.133. The van der Waals surface area contributed by atoms with Gasteiger partial charge >= 0.3 is 5.97 Å². The molecule has 1 aromatic rings. The molecular formula is C16H21NO3. The Labute approximate surface area is 119 Å². The van der Waals surface area contributed by atoms with Gasteiger partial charge in [-0.1, -0.05) is 32.0 Å². The first-order valence-corrected chi connectivity index (χ1v) is 6.75. The van der Waals surface area contributed by atoms with Crippen molar-refractivity contribution in [2.45, 2.75) is 40.5 Å². The van der Waals surface area contributed by atoms with Crippen molar-refractivity contribution in [3.8, 4) is 0 Å². The second-order valence-corrected chi connectivity index (χ2v) is 4.67. The molecule has 0 spiro atoms. The highest BCUT2D eigenvalue weighted by molar-refractivity contribution is 6.08. The number of carbonyl (C=O) groups is 2. The minimum atomic E-state index is -1.07. The lowest BCUT2D eigenvalue weighted by Gasteiger charge is -2.15. The van der Waals surface area contributed by atoms with Crippen LogP contribution in [-0.4, -0.2) is 17.0 Å². The van der Waals surface area contributed by atoms with Gasteiger partial charge in [-0.2, -0.15) is 0 Å². The third-order valence-electron chi connectivity index (χ3n) is 3.46. The minimum absolute atomic E-state index is 0.0644. The van der Waals surface area contributed by atoms with Crippen molar-refractivity contribution in [3.05, 3.63) is 40.5 Å². The molecule has 0 aromatic heterocycles. The molecule has 0 radical (unpaired) electrons. The van der Waals surface area contributed by atoms with Crippen molar-refractivity contribution < 1.29 is 14.7 Å². The van der Waals surface area contributed by atoms with Gasteiger partial charge in [0.2, 0.25) is 0 Å². The van der Waals surface area contributed by atoms with E-state index in [9.17, 15) is 9.59 Å². The number of carbonyl (C=O) groups excluding carboxylic acids is 1. The lowest BCUT2D eigenvalue weighted by Crippen LogP contribution is -2.18. The van der Waals surface area contributed by atoms with Gasteiger partial charge in [-0.05, 0) is 37.8 Å². The summed E-state index contributed by atoms with van der Waals surface area (Å²) in [5, 5.41) is 11.8. The predicted molar refractivity (Wildman–Crippen MR) is 79.8 cm³/mol. The van der Waals surface area contributed by atoms with Gasteiger partial charge < -0.3 is 10.4 Å². The number of aryl methyl sites for hydroxylation is 2. The quantitative estimate of drug-likeness (QED) is 0.811. The predicted octanol–water partition coefficient (Wildman–Crippen LogP) is 3.17. The van der Waals surface area contributed by atoms with Crippen molar-refractivity contribution in [2.75, 3.05) is 5.32 Å². The Bertz CT molecular complexity index is 537. The molecule has 0 fully saturated rings. The second kappa shape index (κ2) is 6.89. The number of carboxylic acids is 1. The third kappa shape index (κ3) is 3.47. The highest BCUT2D eigenvalue weighted by Crippen LogP contribution is 2.23. The summed E-state index contributed by atoms with van der Waals surface area (Å²) in [5.74, 6) is -1.43. The Morgan fingerprint density at radius 3 is 1.95 bits per heavy atom. The van der Waals surface area contributed by atoms with Crippen LogP contribution >= 0.6 is 0 Å². The first kappa shape index (κ1) is 16.0. The van der Waals surface area contributed by atoms with E-state index >= 15 is 0 Å². The molecule has 0 bridgehead atoms. The van der Waals surface area contributed by atoms with Gasteiger partial charge in [0.05, 0.1) is 0 Å². The molecular weight excluding hydrogens is 254 g/mol. The molecule has 1 aromatic carbocycles. The minimum Gasteiger partial charge on any atom is -0.478 e. The maximum absolute atomic E-state index is 12.2. The van der Waals surface area contributed by atoms with Crippen LogP contribution in [0.2, 0.25) is 0 Å². The number of rotatable bonds is 5. The number of hydrogen-bond donors (Lipinski definition) is 2. The maximum Gasteiger partial charge on any atom is 0.331 e. The van der Waals surface area contributed by atoms with E-state index in [1.54, 1.807) is 0 Å². The molecule has 0 aliphatic carbocycles. The molecule has 1 rings (SSSR count). The molecule has 0 aliphatic rings. The highest BCUT2D eigenvalue weighted by atomic mass is 16.4. The molecule has 0 atom stereocenters. The third-order valence-corrected chi connectivity index (χ3v) is 3.46. The first-order chi connectivity index (χ1) is 9.42. The number of para-hydroxylation sites is 1. The fraction of sp³-hybridized carbons (Fsp3) is 0.375. The molecule has 1 amide bonds. The number of benzene rings is 1. The molecule has 108 valence electrons. The maximum atomic E-state index is 12.2. The Morgan fingerprint density at radius 1 is 1.05 bits per heavy atom. The molecule has 20 heavy (non-hydrogen) atoms. The van der Waals surface area contributed by atoms with E-state index in [4.69, 9.17) is 5.11 Å². The largest absolute Gasteiger partial charge is 0.478 e. The van der Waals surface area contributed by atoms with E-state index < -0.39 is 5.97 Å². The summed E-state index contributed by atoms with van der Waals surface area (Å²) in [6.07, 6.45) is 1.62. The van der Waals surface area contributed by atoms with Gasteiger partial charge in [0.15, 0.2) is 0 Å². The summed E-state index contributed by atoms with van der Waals surface area (Å²) in [7, 11) is 0. The average Bonchev–Trinajstić information content (AvgIpc) is 2.45. The van der Waals surface area contributed by atoms with Crippen LogP contribution in [0, 0.1) is 0 Å². The Hall–Kier alpha value is -2.10. The normalized spacial score (nSPS) is 11.8. The first-order valence-electron chi connectivity index (χ1n) is 6.75. The van der Waals surface area contributed by atoms with Crippen LogP contribution in [0.15, 0.2) is 29.3 Å². The van der Waals surface area contributed by atoms with Crippen LogP contribution in [0.5, 0.6) is 0 Å². The van der Waals surface area contributed by atoms with Crippen LogP contribution in [0.4, 0.5) is 5.69 Å². The smallest absolute Gasteiger partial charge is 0.331 e. The summed E-state index contributed by atoms with van der Waals surface area (Å²) in [6, 6.07) is 5.91. The molecule has 0 heterocycles. The van der Waals surface area contributed by atoms with E-state index in [2.05, 4.69) is 5.32 Å². The van der Waals surface area contributed by atoms with E-state index in [0.717, 1.165) is 29.7 Å². The van der Waals surface area contributed by atoms with Crippen LogP contribution in [0.25, 0.3) is 0 Å². The fourth-order valence-corrected chi connectivity index (χ4v) is 1.94. The SMILES string of the molecule is CCc1cccc(CC)c1NC(=O)C(C)=C(C)C(=O)O. The number of anilines is 1. The van der Waals surface area contributed by atoms with E-state index in [0.29, 0.717) is 0 Å². The van der Waals surface area contributed by atoms with Gasteiger partial charge in [-0.15, -0.1) is 0 Å². The molecule has 0 saturated heterocycles. The van der Waals surface area contributed by atoms with Crippen molar-refractivity contribution in [2.24, 2.45) is 0 Å². The summed E-state index contributed by atoms with van der Waals surface area (Å²) in [4.78, 5) is 23.1. The molecule has 4 heteroatoms. The van der Waals surface area contributed by atoms with Crippen molar-refractivity contribution in [1.29, 1.82) is 0 Å².